The summed E-state index contributed by atoms with van der Waals surface area (Å²) in [5.74, 6) is 0.0880. The Balaban J connectivity index is 2.65. The van der Waals surface area contributed by atoms with Crippen molar-refractivity contribution in [3.05, 3.63) is 23.3 Å². The molecule has 1 heterocycles. The third kappa shape index (κ3) is 1.60. The molecule has 0 aliphatic heterocycles. The van der Waals surface area contributed by atoms with Gasteiger partial charge in [0.2, 0.25) is 0 Å². The zero-order chi connectivity index (χ0) is 11.9. The van der Waals surface area contributed by atoms with E-state index in [1.54, 1.807) is 11.6 Å². The van der Waals surface area contributed by atoms with E-state index in [1.165, 1.54) is 11.1 Å². The Morgan fingerprint density at radius 3 is 2.56 bits per heavy atom. The number of ketones is 1. The minimum absolute atomic E-state index is 0.0880. The fourth-order valence-electron chi connectivity index (χ4n) is 1.65. The summed E-state index contributed by atoms with van der Waals surface area (Å²) in [5, 5.41) is 8.13. The van der Waals surface area contributed by atoms with E-state index in [-0.39, 0.29) is 11.8 Å². The van der Waals surface area contributed by atoms with Crippen LogP contribution in [0, 0.1) is 13.8 Å². The van der Waals surface area contributed by atoms with Gasteiger partial charge in [-0.05, 0) is 51.0 Å². The quantitative estimate of drug-likeness (QED) is 0.774. The Labute approximate surface area is 94.3 Å². The summed E-state index contributed by atoms with van der Waals surface area (Å²) in [6.45, 7) is 7.50. The lowest BCUT2D eigenvalue weighted by molar-refractivity contribution is -0.119. The number of hydrogen-bond acceptors (Lipinski definition) is 3. The van der Waals surface area contributed by atoms with Gasteiger partial charge < -0.3 is 0 Å². The van der Waals surface area contributed by atoms with E-state index < -0.39 is 0 Å². The lowest BCUT2D eigenvalue weighted by Gasteiger charge is -2.08. The predicted molar refractivity (Wildman–Crippen MR) is 62.4 cm³/mol. The molecule has 4 heteroatoms. The van der Waals surface area contributed by atoms with Crippen molar-refractivity contribution < 1.29 is 4.79 Å². The van der Waals surface area contributed by atoms with E-state index in [4.69, 9.17) is 0 Å². The second-order valence-corrected chi connectivity index (χ2v) is 4.25. The summed E-state index contributed by atoms with van der Waals surface area (Å²) in [6.07, 6.45) is 0. The van der Waals surface area contributed by atoms with Crippen LogP contribution < -0.4 is 0 Å². The molecule has 0 amide bonds. The van der Waals surface area contributed by atoms with Crippen molar-refractivity contribution in [2.45, 2.75) is 33.7 Å². The molecular formula is C12H15N3O. The molecule has 2 rings (SSSR count). The van der Waals surface area contributed by atoms with Gasteiger partial charge in [-0.2, -0.15) is 0 Å². The van der Waals surface area contributed by atoms with E-state index >= 15 is 0 Å². The Hall–Kier alpha value is -1.71. The second-order valence-electron chi connectivity index (χ2n) is 4.25. The van der Waals surface area contributed by atoms with Crippen molar-refractivity contribution in [1.82, 2.24) is 15.0 Å². The summed E-state index contributed by atoms with van der Waals surface area (Å²) in [7, 11) is 0. The van der Waals surface area contributed by atoms with Crippen molar-refractivity contribution in [3.63, 3.8) is 0 Å². The smallest absolute Gasteiger partial charge is 0.154 e. The summed E-state index contributed by atoms with van der Waals surface area (Å²) in [4.78, 5) is 11.3. The Morgan fingerprint density at radius 1 is 1.31 bits per heavy atom. The van der Waals surface area contributed by atoms with E-state index in [2.05, 4.69) is 10.3 Å². The fraction of sp³-hybridized carbons (Fsp3) is 0.417. The Bertz CT molecular complexity index is 557. The van der Waals surface area contributed by atoms with Gasteiger partial charge in [0.25, 0.3) is 0 Å². The first-order chi connectivity index (χ1) is 7.50. The maximum Gasteiger partial charge on any atom is 0.154 e. The van der Waals surface area contributed by atoms with Gasteiger partial charge in [-0.3, -0.25) is 4.79 Å². The molecule has 4 nitrogen and oxygen atoms in total. The highest BCUT2D eigenvalue weighted by molar-refractivity contribution is 5.83. The molecule has 0 bridgehead atoms. The number of benzene rings is 1. The van der Waals surface area contributed by atoms with Gasteiger partial charge in [-0.15, -0.1) is 5.10 Å². The van der Waals surface area contributed by atoms with Gasteiger partial charge in [0.1, 0.15) is 11.6 Å². The summed E-state index contributed by atoms with van der Waals surface area (Å²) >= 11 is 0. The summed E-state index contributed by atoms with van der Waals surface area (Å²) in [5.41, 5.74) is 4.14. The zero-order valence-corrected chi connectivity index (χ0v) is 9.98. The molecule has 1 aromatic heterocycles. The van der Waals surface area contributed by atoms with Gasteiger partial charge in [0.15, 0.2) is 5.78 Å². The molecule has 0 aliphatic carbocycles. The third-order valence-electron chi connectivity index (χ3n) is 3.04. The number of hydrogen-bond donors (Lipinski definition) is 0. The topological polar surface area (TPSA) is 47.8 Å². The van der Waals surface area contributed by atoms with Crippen LogP contribution in [-0.4, -0.2) is 20.8 Å². The van der Waals surface area contributed by atoms with Crippen LogP contribution in [0.2, 0.25) is 0 Å². The van der Waals surface area contributed by atoms with E-state index in [0.29, 0.717) is 0 Å². The van der Waals surface area contributed by atoms with Crippen molar-refractivity contribution >= 4 is 16.8 Å². The van der Waals surface area contributed by atoms with Crippen LogP contribution in [0.3, 0.4) is 0 Å². The maximum absolute atomic E-state index is 11.3. The lowest BCUT2D eigenvalue weighted by atomic mass is 10.1. The number of carbonyl (C=O) groups excluding carboxylic acids is 1. The first-order valence-corrected chi connectivity index (χ1v) is 5.33. The molecule has 84 valence electrons. The summed E-state index contributed by atoms with van der Waals surface area (Å²) < 4.78 is 1.68. The number of carbonyl (C=O) groups is 1. The molecule has 1 unspecified atom stereocenters. The molecule has 1 atom stereocenters. The lowest BCUT2D eigenvalue weighted by Crippen LogP contribution is -2.14. The number of nitrogens with zero attached hydrogens (tertiary/aromatic N) is 3. The normalized spacial score (nSPS) is 13.0. The average molecular weight is 217 g/mol. The van der Waals surface area contributed by atoms with Crippen molar-refractivity contribution in [2.24, 2.45) is 0 Å². The fourth-order valence-corrected chi connectivity index (χ4v) is 1.65. The van der Waals surface area contributed by atoms with Gasteiger partial charge in [0.05, 0.1) is 5.52 Å². The van der Waals surface area contributed by atoms with Crippen molar-refractivity contribution in [1.29, 1.82) is 0 Å². The predicted octanol–water partition coefficient (Wildman–Crippen LogP) is 2.20. The van der Waals surface area contributed by atoms with Gasteiger partial charge in [-0.25, -0.2) is 4.68 Å². The molecule has 0 aliphatic rings. The zero-order valence-electron chi connectivity index (χ0n) is 9.98. The molecule has 0 fully saturated rings. The minimum Gasteiger partial charge on any atom is -0.298 e. The number of aromatic nitrogens is 3. The van der Waals surface area contributed by atoms with Crippen LogP contribution in [-0.2, 0) is 4.79 Å². The first kappa shape index (κ1) is 10.8. The van der Waals surface area contributed by atoms with E-state index in [1.807, 2.05) is 32.9 Å². The van der Waals surface area contributed by atoms with Crippen molar-refractivity contribution in [2.75, 3.05) is 0 Å². The summed E-state index contributed by atoms with van der Waals surface area (Å²) in [6, 6.07) is 3.78. The standard InChI is InChI=1S/C12H15N3O/c1-7-5-11-12(6-8(7)2)15(14-13-11)9(3)10(4)16/h5-6,9H,1-4H3. The molecular weight excluding hydrogens is 202 g/mol. The third-order valence-corrected chi connectivity index (χ3v) is 3.04. The largest absolute Gasteiger partial charge is 0.298 e. The Morgan fingerprint density at radius 2 is 1.94 bits per heavy atom. The van der Waals surface area contributed by atoms with Crippen molar-refractivity contribution in [3.8, 4) is 0 Å². The highest BCUT2D eigenvalue weighted by Crippen LogP contribution is 2.20. The van der Waals surface area contributed by atoms with Crippen LogP contribution in [0.15, 0.2) is 12.1 Å². The number of rotatable bonds is 2. The second kappa shape index (κ2) is 3.70. The molecule has 0 saturated carbocycles. The van der Waals surface area contributed by atoms with Crippen LogP contribution in [0.4, 0.5) is 0 Å². The van der Waals surface area contributed by atoms with Gasteiger partial charge >= 0.3 is 0 Å². The van der Waals surface area contributed by atoms with Gasteiger partial charge in [0, 0.05) is 0 Å². The highest BCUT2D eigenvalue weighted by Gasteiger charge is 2.15. The van der Waals surface area contributed by atoms with E-state index in [0.717, 1.165) is 11.0 Å². The monoisotopic (exact) mass is 217 g/mol. The maximum atomic E-state index is 11.3. The molecule has 1 aromatic carbocycles. The number of Topliss-reactive ketones (excluding diaryl/α,β-unsaturated/α-hetero) is 1. The Kier molecular flexibility index (Phi) is 2.50. The van der Waals surface area contributed by atoms with Crippen LogP contribution in [0.5, 0.6) is 0 Å². The SMILES string of the molecule is CC(=O)C(C)n1nnc2cc(C)c(C)cc21. The van der Waals surface area contributed by atoms with Crippen LogP contribution >= 0.6 is 0 Å². The van der Waals surface area contributed by atoms with E-state index in [9.17, 15) is 4.79 Å². The minimum atomic E-state index is -0.257. The molecule has 0 saturated heterocycles. The molecule has 0 N–H and O–H groups in total. The molecule has 0 radical (unpaired) electrons. The average Bonchev–Trinajstić information content (AvgIpc) is 2.60. The molecule has 16 heavy (non-hydrogen) atoms. The molecule has 0 spiro atoms. The van der Waals surface area contributed by atoms with Crippen LogP contribution in [0.25, 0.3) is 11.0 Å². The molecule has 2 aromatic rings. The first-order valence-electron chi connectivity index (χ1n) is 5.33. The van der Waals surface area contributed by atoms with Crippen LogP contribution in [0.1, 0.15) is 31.0 Å². The van der Waals surface area contributed by atoms with Gasteiger partial charge in [-0.1, -0.05) is 5.21 Å². The number of fused-ring (bicyclic) bond motifs is 1. The highest BCUT2D eigenvalue weighted by atomic mass is 16.1. The number of aryl methyl sites for hydroxylation is 2.